The van der Waals surface area contributed by atoms with E-state index in [1.165, 1.54) is 0 Å². The van der Waals surface area contributed by atoms with Gasteiger partial charge in [-0.2, -0.15) is 0 Å². The van der Waals surface area contributed by atoms with Crippen molar-refractivity contribution in [1.82, 2.24) is 4.90 Å². The molecule has 0 saturated carbocycles. The lowest BCUT2D eigenvalue weighted by atomic mass is 10.1. The van der Waals surface area contributed by atoms with Crippen LogP contribution in [0.2, 0.25) is 0 Å². The van der Waals surface area contributed by atoms with Crippen LogP contribution in [0, 0.1) is 0 Å². The Balaban J connectivity index is 1.92. The minimum absolute atomic E-state index is 0.292. The molecule has 0 aromatic heterocycles. The van der Waals surface area contributed by atoms with Crippen molar-refractivity contribution in [3.8, 4) is 11.5 Å². The molecular formula is C22H30N2O3. The molecule has 146 valence electrons. The van der Waals surface area contributed by atoms with Gasteiger partial charge in [-0.3, -0.25) is 0 Å². The highest BCUT2D eigenvalue weighted by Gasteiger charge is 2.21. The first-order valence-electron chi connectivity index (χ1n) is 9.37. The molecule has 2 aromatic rings. The summed E-state index contributed by atoms with van der Waals surface area (Å²) in [6, 6.07) is 17.6. The molecule has 0 saturated heterocycles. The molecule has 0 fully saturated rings. The molecular weight excluding hydrogens is 340 g/mol. The maximum absolute atomic E-state index is 12.4. The number of ether oxygens (including phenoxy) is 2. The Morgan fingerprint density at radius 1 is 0.963 bits per heavy atom. The van der Waals surface area contributed by atoms with Crippen LogP contribution in [0.5, 0.6) is 11.5 Å². The summed E-state index contributed by atoms with van der Waals surface area (Å²) in [5.41, 5.74) is 6.23. The van der Waals surface area contributed by atoms with Gasteiger partial charge in [-0.05, 0) is 70.0 Å². The highest BCUT2D eigenvalue weighted by atomic mass is 16.6. The standard InChI is InChI=1S/C22H30N2O3/c1-22(2,3)27-21(25)24(16-7-15-23)17-14-18-10-12-20(13-11-18)26-19-8-5-4-6-9-19/h4-6,8-13H,7,14-17,23H2,1-3H3. The number of benzene rings is 2. The Bertz CT molecular complexity index is 694. The molecule has 0 bridgehead atoms. The number of amides is 1. The van der Waals surface area contributed by atoms with Crippen molar-refractivity contribution in [1.29, 1.82) is 0 Å². The van der Waals surface area contributed by atoms with E-state index in [1.807, 2.05) is 75.4 Å². The molecule has 2 N–H and O–H groups in total. The summed E-state index contributed by atoms with van der Waals surface area (Å²) in [5, 5.41) is 0. The Labute approximate surface area is 162 Å². The van der Waals surface area contributed by atoms with Gasteiger partial charge in [-0.15, -0.1) is 0 Å². The number of rotatable bonds is 8. The third-order valence-corrected chi connectivity index (χ3v) is 3.86. The van der Waals surface area contributed by atoms with Crippen molar-refractivity contribution in [3.05, 3.63) is 60.2 Å². The first-order chi connectivity index (χ1) is 12.9. The van der Waals surface area contributed by atoms with E-state index in [4.69, 9.17) is 15.2 Å². The second-order valence-corrected chi connectivity index (χ2v) is 7.42. The summed E-state index contributed by atoms with van der Waals surface area (Å²) >= 11 is 0. The normalized spacial score (nSPS) is 11.1. The number of carbonyl (C=O) groups excluding carboxylic acids is 1. The van der Waals surface area contributed by atoms with Crippen molar-refractivity contribution in [3.63, 3.8) is 0 Å². The molecule has 2 rings (SSSR count). The molecule has 0 aliphatic rings. The summed E-state index contributed by atoms with van der Waals surface area (Å²) in [6.07, 6.45) is 1.21. The van der Waals surface area contributed by atoms with E-state index in [2.05, 4.69) is 0 Å². The van der Waals surface area contributed by atoms with Crippen molar-refractivity contribution < 1.29 is 14.3 Å². The van der Waals surface area contributed by atoms with Gasteiger partial charge in [0, 0.05) is 13.1 Å². The average molecular weight is 370 g/mol. The van der Waals surface area contributed by atoms with Gasteiger partial charge < -0.3 is 20.1 Å². The summed E-state index contributed by atoms with van der Waals surface area (Å²) in [6.45, 7) is 7.35. The summed E-state index contributed by atoms with van der Waals surface area (Å²) in [7, 11) is 0. The number of hydrogen-bond acceptors (Lipinski definition) is 4. The molecule has 27 heavy (non-hydrogen) atoms. The molecule has 0 heterocycles. The van der Waals surface area contributed by atoms with Crippen LogP contribution in [0.1, 0.15) is 32.8 Å². The lowest BCUT2D eigenvalue weighted by Gasteiger charge is -2.27. The van der Waals surface area contributed by atoms with Gasteiger partial charge >= 0.3 is 6.09 Å². The molecule has 5 heteroatoms. The lowest BCUT2D eigenvalue weighted by molar-refractivity contribution is 0.0251. The van der Waals surface area contributed by atoms with Crippen LogP contribution in [-0.2, 0) is 11.2 Å². The molecule has 0 aliphatic carbocycles. The Morgan fingerprint density at radius 2 is 1.59 bits per heavy atom. The van der Waals surface area contributed by atoms with Crippen molar-refractivity contribution in [2.45, 2.75) is 39.2 Å². The van der Waals surface area contributed by atoms with E-state index in [-0.39, 0.29) is 6.09 Å². The monoisotopic (exact) mass is 370 g/mol. The quantitative estimate of drug-likeness (QED) is 0.737. The van der Waals surface area contributed by atoms with Gasteiger partial charge in [0.25, 0.3) is 0 Å². The predicted molar refractivity (Wildman–Crippen MR) is 108 cm³/mol. The molecule has 0 radical (unpaired) electrons. The zero-order valence-corrected chi connectivity index (χ0v) is 16.5. The molecule has 0 atom stereocenters. The van der Waals surface area contributed by atoms with Crippen LogP contribution in [0.3, 0.4) is 0 Å². The fourth-order valence-electron chi connectivity index (χ4n) is 2.52. The number of para-hydroxylation sites is 1. The molecule has 5 nitrogen and oxygen atoms in total. The highest BCUT2D eigenvalue weighted by molar-refractivity contribution is 5.68. The van der Waals surface area contributed by atoms with Crippen LogP contribution in [0.25, 0.3) is 0 Å². The minimum atomic E-state index is -0.505. The third-order valence-electron chi connectivity index (χ3n) is 3.86. The Kier molecular flexibility index (Phi) is 7.67. The van der Waals surface area contributed by atoms with Crippen LogP contribution >= 0.6 is 0 Å². The van der Waals surface area contributed by atoms with Crippen molar-refractivity contribution >= 4 is 6.09 Å². The van der Waals surface area contributed by atoms with E-state index >= 15 is 0 Å². The van der Waals surface area contributed by atoms with Gasteiger partial charge in [-0.1, -0.05) is 30.3 Å². The number of hydrogen-bond donors (Lipinski definition) is 1. The smallest absolute Gasteiger partial charge is 0.410 e. The van der Waals surface area contributed by atoms with Crippen LogP contribution in [-0.4, -0.2) is 36.2 Å². The lowest BCUT2D eigenvalue weighted by Crippen LogP contribution is -2.39. The predicted octanol–water partition coefficient (Wildman–Crippen LogP) is 4.61. The third kappa shape index (κ3) is 7.71. The number of nitrogens with two attached hydrogens (primary N) is 1. The number of carbonyl (C=O) groups is 1. The van der Waals surface area contributed by atoms with Gasteiger partial charge in [0.05, 0.1) is 0 Å². The van der Waals surface area contributed by atoms with Gasteiger partial charge in [0.1, 0.15) is 17.1 Å². The van der Waals surface area contributed by atoms with E-state index < -0.39 is 5.60 Å². The van der Waals surface area contributed by atoms with Gasteiger partial charge in [0.2, 0.25) is 0 Å². The van der Waals surface area contributed by atoms with Crippen LogP contribution in [0.4, 0.5) is 4.79 Å². The van der Waals surface area contributed by atoms with Crippen molar-refractivity contribution in [2.24, 2.45) is 5.73 Å². The fourth-order valence-corrected chi connectivity index (χ4v) is 2.52. The Hall–Kier alpha value is -2.53. The maximum Gasteiger partial charge on any atom is 0.410 e. The van der Waals surface area contributed by atoms with E-state index in [0.29, 0.717) is 19.6 Å². The first-order valence-corrected chi connectivity index (χ1v) is 9.37. The van der Waals surface area contributed by atoms with Gasteiger partial charge in [0.15, 0.2) is 0 Å². The topological polar surface area (TPSA) is 64.8 Å². The molecule has 0 aliphatic heterocycles. The average Bonchev–Trinajstić information content (AvgIpc) is 2.62. The fraction of sp³-hybridized carbons (Fsp3) is 0.409. The molecule has 2 aromatic carbocycles. The number of nitrogens with zero attached hydrogens (tertiary/aromatic N) is 1. The molecule has 1 amide bonds. The molecule has 0 spiro atoms. The molecule has 0 unspecified atom stereocenters. The Morgan fingerprint density at radius 3 is 2.19 bits per heavy atom. The minimum Gasteiger partial charge on any atom is -0.457 e. The SMILES string of the molecule is CC(C)(C)OC(=O)N(CCCN)CCc1ccc(Oc2ccccc2)cc1. The van der Waals surface area contributed by atoms with Crippen molar-refractivity contribution in [2.75, 3.05) is 19.6 Å². The maximum atomic E-state index is 12.4. The second-order valence-electron chi connectivity index (χ2n) is 7.42. The largest absolute Gasteiger partial charge is 0.457 e. The first kappa shape index (κ1) is 20.8. The zero-order valence-electron chi connectivity index (χ0n) is 16.5. The summed E-state index contributed by atoms with van der Waals surface area (Å²) in [4.78, 5) is 14.1. The van der Waals surface area contributed by atoms with E-state index in [0.717, 1.165) is 29.9 Å². The van der Waals surface area contributed by atoms with Crippen LogP contribution < -0.4 is 10.5 Å². The van der Waals surface area contributed by atoms with E-state index in [9.17, 15) is 4.79 Å². The van der Waals surface area contributed by atoms with Crippen LogP contribution in [0.15, 0.2) is 54.6 Å². The summed E-state index contributed by atoms with van der Waals surface area (Å²) in [5.74, 6) is 1.60. The van der Waals surface area contributed by atoms with E-state index in [1.54, 1.807) is 4.90 Å². The second kappa shape index (κ2) is 9.97. The summed E-state index contributed by atoms with van der Waals surface area (Å²) < 4.78 is 11.3. The zero-order chi connectivity index (χ0) is 19.7. The highest BCUT2D eigenvalue weighted by Crippen LogP contribution is 2.21. The van der Waals surface area contributed by atoms with Gasteiger partial charge in [-0.25, -0.2) is 4.79 Å².